The van der Waals surface area contributed by atoms with Gasteiger partial charge in [0, 0.05) is 17.4 Å². The van der Waals surface area contributed by atoms with Crippen LogP contribution in [0.2, 0.25) is 5.02 Å². The summed E-state index contributed by atoms with van der Waals surface area (Å²) in [5.74, 6) is -1.27. The predicted molar refractivity (Wildman–Crippen MR) is 141 cm³/mol. The predicted octanol–water partition coefficient (Wildman–Crippen LogP) is 5.24. The van der Waals surface area contributed by atoms with Gasteiger partial charge in [0.2, 0.25) is 11.8 Å². The summed E-state index contributed by atoms with van der Waals surface area (Å²) >= 11 is 5.95. The van der Waals surface area contributed by atoms with Crippen LogP contribution in [0.5, 0.6) is 11.5 Å². The van der Waals surface area contributed by atoms with Gasteiger partial charge in [-0.2, -0.15) is 0 Å². The standard InChI is InChI=1S/C30H24ClFN2O5/c1-37-23-11-16(7-10-22(23)38-14-15-5-3-2-4-6-15)27-26-18-13-19(28(26)39-33-27)25-24(18)29(35)34(30(25)36)17-8-9-21(32)20(31)12-17/h2-12,18-19,24-26,28H,13-14H2,1H3/t18-,19+,24+,25-,26+,28+/m1/s1. The van der Waals surface area contributed by atoms with Gasteiger partial charge in [-0.15, -0.1) is 0 Å². The molecular formula is C30H24ClFN2O5. The van der Waals surface area contributed by atoms with Crippen LogP contribution in [-0.2, 0) is 21.0 Å². The first-order chi connectivity index (χ1) is 19.0. The number of amides is 2. The molecule has 3 aromatic carbocycles. The lowest BCUT2D eigenvalue weighted by molar-refractivity contribution is -0.125. The number of carbonyl (C=O) groups is 2. The minimum atomic E-state index is -0.601. The maximum Gasteiger partial charge on any atom is 0.238 e. The second-order valence-corrected chi connectivity index (χ2v) is 10.8. The van der Waals surface area contributed by atoms with Gasteiger partial charge in [-0.3, -0.25) is 9.59 Å². The maximum atomic E-state index is 13.7. The third-order valence-electron chi connectivity index (χ3n) is 8.55. The number of nitrogens with zero attached hydrogens (tertiary/aromatic N) is 2. The van der Waals surface area contributed by atoms with Crippen molar-refractivity contribution < 1.29 is 28.3 Å². The molecule has 1 saturated heterocycles. The van der Waals surface area contributed by atoms with E-state index in [9.17, 15) is 14.0 Å². The highest BCUT2D eigenvalue weighted by molar-refractivity contribution is 6.31. The van der Waals surface area contributed by atoms with Crippen LogP contribution in [0.4, 0.5) is 10.1 Å². The number of imide groups is 1. The number of ether oxygens (including phenoxy) is 2. The van der Waals surface area contributed by atoms with Crippen molar-refractivity contribution in [2.24, 2.45) is 34.7 Å². The highest BCUT2D eigenvalue weighted by Crippen LogP contribution is 2.62. The fraction of sp³-hybridized carbons (Fsp3) is 0.300. The summed E-state index contributed by atoms with van der Waals surface area (Å²) in [4.78, 5) is 34.1. The lowest BCUT2D eigenvalue weighted by Crippen LogP contribution is -2.41. The number of carbonyl (C=O) groups excluding carboxylic acids is 2. The van der Waals surface area contributed by atoms with E-state index in [0.29, 0.717) is 30.2 Å². The lowest BCUT2D eigenvalue weighted by atomic mass is 9.71. The van der Waals surface area contributed by atoms with E-state index >= 15 is 0 Å². The van der Waals surface area contributed by atoms with Crippen LogP contribution in [0, 0.1) is 35.4 Å². The first kappa shape index (κ1) is 24.2. The molecule has 9 heteroatoms. The minimum absolute atomic E-state index is 0.0939. The molecule has 2 saturated carbocycles. The summed E-state index contributed by atoms with van der Waals surface area (Å²) in [6, 6.07) is 19.4. The Kier molecular flexibility index (Phi) is 5.63. The quantitative estimate of drug-likeness (QED) is 0.395. The Labute approximate surface area is 229 Å². The van der Waals surface area contributed by atoms with Crippen molar-refractivity contribution in [2.75, 3.05) is 12.0 Å². The molecule has 0 radical (unpaired) electrons. The monoisotopic (exact) mass is 546 g/mol. The number of benzene rings is 3. The van der Waals surface area contributed by atoms with Crippen LogP contribution in [0.1, 0.15) is 17.5 Å². The Balaban J connectivity index is 1.14. The molecule has 3 aromatic rings. The second-order valence-electron chi connectivity index (χ2n) is 10.4. The largest absolute Gasteiger partial charge is 0.493 e. The molecule has 6 atom stereocenters. The SMILES string of the molecule is COc1cc(C2=NO[C@H]3[C@H]4C[C@@H]([C@@H]23)[C@@H]2C(=O)N(c3ccc(F)c(Cl)c3)C(=O)[C@H]42)ccc1OCc1ccccc1. The van der Waals surface area contributed by atoms with Gasteiger partial charge < -0.3 is 14.3 Å². The van der Waals surface area contributed by atoms with Crippen molar-refractivity contribution >= 4 is 34.8 Å². The third kappa shape index (κ3) is 3.65. The van der Waals surface area contributed by atoms with Crippen LogP contribution in [0.3, 0.4) is 0 Å². The van der Waals surface area contributed by atoms with Crippen molar-refractivity contribution in [2.45, 2.75) is 19.1 Å². The summed E-state index contributed by atoms with van der Waals surface area (Å²) in [6.45, 7) is 0.407. The second kappa shape index (κ2) is 9.09. The average molecular weight is 547 g/mol. The molecule has 2 heterocycles. The normalized spacial score (nSPS) is 28.3. The Hall–Kier alpha value is -3.91. The number of hydrogen-bond donors (Lipinski definition) is 0. The zero-order chi connectivity index (χ0) is 26.8. The van der Waals surface area contributed by atoms with Crippen LogP contribution in [0.25, 0.3) is 0 Å². The third-order valence-corrected chi connectivity index (χ3v) is 8.84. The van der Waals surface area contributed by atoms with E-state index in [4.69, 9.17) is 25.9 Å². The van der Waals surface area contributed by atoms with Crippen molar-refractivity contribution in [3.63, 3.8) is 0 Å². The van der Waals surface area contributed by atoms with Gasteiger partial charge in [0.25, 0.3) is 0 Å². The van der Waals surface area contributed by atoms with E-state index in [2.05, 4.69) is 5.16 Å². The summed E-state index contributed by atoms with van der Waals surface area (Å²) in [5, 5.41) is 4.30. The van der Waals surface area contributed by atoms with Gasteiger partial charge in [0.1, 0.15) is 18.5 Å². The zero-order valence-electron chi connectivity index (χ0n) is 20.9. The average Bonchev–Trinajstić information content (AvgIpc) is 3.70. The fourth-order valence-electron chi connectivity index (χ4n) is 6.92. The smallest absolute Gasteiger partial charge is 0.238 e. The minimum Gasteiger partial charge on any atom is -0.493 e. The van der Waals surface area contributed by atoms with E-state index in [1.807, 2.05) is 48.5 Å². The molecule has 0 spiro atoms. The van der Waals surface area contributed by atoms with Crippen LogP contribution in [-0.4, -0.2) is 30.7 Å². The van der Waals surface area contributed by atoms with E-state index in [0.717, 1.165) is 16.8 Å². The number of oxime groups is 1. The summed E-state index contributed by atoms with van der Waals surface area (Å²) < 4.78 is 25.4. The van der Waals surface area contributed by atoms with E-state index in [-0.39, 0.29) is 40.7 Å². The number of halogens is 2. The first-order valence-corrected chi connectivity index (χ1v) is 13.3. The molecule has 2 bridgehead atoms. The summed E-state index contributed by atoms with van der Waals surface area (Å²) in [6.07, 6.45) is 0.439. The topological polar surface area (TPSA) is 77.4 Å². The fourth-order valence-corrected chi connectivity index (χ4v) is 7.10. The van der Waals surface area contributed by atoms with Crippen molar-refractivity contribution in [1.82, 2.24) is 0 Å². The van der Waals surface area contributed by atoms with Gasteiger partial charge in [0.15, 0.2) is 11.5 Å². The molecule has 4 aliphatic rings. The molecule has 39 heavy (non-hydrogen) atoms. The Morgan fingerprint density at radius 3 is 2.49 bits per heavy atom. The van der Waals surface area contributed by atoms with E-state index in [1.54, 1.807) is 7.11 Å². The Bertz CT molecular complexity index is 1530. The van der Waals surface area contributed by atoms with Gasteiger partial charge in [-0.1, -0.05) is 47.1 Å². The van der Waals surface area contributed by atoms with Crippen molar-refractivity contribution in [3.8, 4) is 11.5 Å². The molecule has 2 aliphatic heterocycles. The molecule has 0 N–H and O–H groups in total. The van der Waals surface area contributed by atoms with Gasteiger partial charge >= 0.3 is 0 Å². The molecule has 198 valence electrons. The molecular weight excluding hydrogens is 523 g/mol. The number of methoxy groups -OCH3 is 1. The molecule has 7 nitrogen and oxygen atoms in total. The van der Waals surface area contributed by atoms with E-state index < -0.39 is 17.7 Å². The van der Waals surface area contributed by atoms with Gasteiger partial charge in [0.05, 0.1) is 35.4 Å². The van der Waals surface area contributed by atoms with Crippen LogP contribution >= 0.6 is 11.6 Å². The van der Waals surface area contributed by atoms with E-state index in [1.165, 1.54) is 23.1 Å². The first-order valence-electron chi connectivity index (χ1n) is 12.9. The molecule has 7 rings (SSSR count). The summed E-state index contributed by atoms with van der Waals surface area (Å²) in [7, 11) is 1.59. The molecule has 0 aromatic heterocycles. The lowest BCUT2D eigenvalue weighted by Gasteiger charge is -2.29. The number of rotatable bonds is 6. The van der Waals surface area contributed by atoms with Crippen molar-refractivity contribution in [3.05, 3.63) is 88.7 Å². The highest BCUT2D eigenvalue weighted by Gasteiger charge is 2.70. The number of hydrogen-bond acceptors (Lipinski definition) is 6. The Morgan fingerprint density at radius 2 is 1.74 bits per heavy atom. The molecule has 2 aliphatic carbocycles. The van der Waals surface area contributed by atoms with Gasteiger partial charge in [-0.25, -0.2) is 9.29 Å². The van der Waals surface area contributed by atoms with Gasteiger partial charge in [-0.05, 0) is 54.3 Å². The zero-order valence-corrected chi connectivity index (χ0v) is 21.7. The number of anilines is 1. The Morgan fingerprint density at radius 1 is 0.974 bits per heavy atom. The maximum absolute atomic E-state index is 13.7. The van der Waals surface area contributed by atoms with Crippen LogP contribution < -0.4 is 14.4 Å². The molecule has 0 unspecified atom stereocenters. The molecule has 2 amide bonds. The summed E-state index contributed by atoms with van der Waals surface area (Å²) in [5.41, 5.74) is 2.92. The molecule has 3 fully saturated rings. The van der Waals surface area contributed by atoms with Crippen LogP contribution in [0.15, 0.2) is 71.9 Å². The number of fused-ring (bicyclic) bond motifs is 8. The highest BCUT2D eigenvalue weighted by atomic mass is 35.5. The van der Waals surface area contributed by atoms with Crippen molar-refractivity contribution in [1.29, 1.82) is 0 Å².